The number of alkyl halides is 5. The van der Waals surface area contributed by atoms with Crippen molar-refractivity contribution in [2.24, 2.45) is 5.73 Å². The molecule has 1 unspecified atom stereocenters. The number of hydrogen-bond acceptors (Lipinski definition) is 3. The first-order valence-electron chi connectivity index (χ1n) is 9.58. The van der Waals surface area contributed by atoms with Crippen LogP contribution >= 0.6 is 0 Å². The first-order valence-corrected chi connectivity index (χ1v) is 9.58. The molecule has 3 nitrogen and oxygen atoms in total. The molecule has 1 atom stereocenters. The molecule has 0 aliphatic heterocycles. The van der Waals surface area contributed by atoms with Crippen LogP contribution in [0.3, 0.4) is 0 Å². The monoisotopic (exact) mass is 439 g/mol. The molecule has 0 spiro atoms. The molecule has 0 aliphatic rings. The van der Waals surface area contributed by atoms with Gasteiger partial charge in [0.15, 0.2) is 6.61 Å². The van der Waals surface area contributed by atoms with Gasteiger partial charge in [-0.25, -0.2) is 0 Å². The van der Waals surface area contributed by atoms with Crippen LogP contribution in [0.1, 0.15) is 17.0 Å². The Morgan fingerprint density at radius 2 is 1.58 bits per heavy atom. The lowest BCUT2D eigenvalue weighted by atomic mass is 9.88. The molecule has 166 valence electrons. The SMILES string of the molecule is COc1cccc2c(C(CN)Cc3cccc(OCC(F)(F)C(F)(F)F)c3)cccc12. The van der Waals surface area contributed by atoms with Gasteiger partial charge in [0.05, 0.1) is 7.11 Å². The zero-order valence-corrected chi connectivity index (χ0v) is 16.8. The number of nitrogens with two attached hydrogens (primary N) is 1. The highest BCUT2D eigenvalue weighted by atomic mass is 19.4. The van der Waals surface area contributed by atoms with Gasteiger partial charge in [-0.2, -0.15) is 22.0 Å². The molecule has 2 N–H and O–H groups in total. The standard InChI is InChI=1S/C23H22F5NO2/c1-30-21-10-4-8-19-18(7-3-9-20(19)21)16(13-29)11-15-5-2-6-17(12-15)31-14-22(24,25)23(26,27)28/h2-10,12,16H,11,13-14,29H2,1H3. The van der Waals surface area contributed by atoms with Crippen molar-refractivity contribution in [3.63, 3.8) is 0 Å². The van der Waals surface area contributed by atoms with Gasteiger partial charge < -0.3 is 15.2 Å². The zero-order valence-electron chi connectivity index (χ0n) is 16.8. The molecule has 3 aromatic rings. The van der Waals surface area contributed by atoms with Crippen molar-refractivity contribution in [3.05, 3.63) is 71.8 Å². The lowest BCUT2D eigenvalue weighted by molar-refractivity contribution is -0.290. The normalized spacial score (nSPS) is 13.3. The van der Waals surface area contributed by atoms with Crippen LogP contribution in [-0.2, 0) is 6.42 Å². The maximum atomic E-state index is 13.1. The summed E-state index contributed by atoms with van der Waals surface area (Å²) in [5.41, 5.74) is 7.73. The highest BCUT2D eigenvalue weighted by Gasteiger charge is 2.58. The fourth-order valence-corrected chi connectivity index (χ4v) is 3.46. The highest BCUT2D eigenvalue weighted by molar-refractivity contribution is 5.91. The topological polar surface area (TPSA) is 44.5 Å². The van der Waals surface area contributed by atoms with Crippen LogP contribution in [0.5, 0.6) is 11.5 Å². The molecule has 31 heavy (non-hydrogen) atoms. The molecule has 0 saturated carbocycles. The van der Waals surface area contributed by atoms with Crippen molar-refractivity contribution in [3.8, 4) is 11.5 Å². The Bertz CT molecular complexity index is 1040. The Morgan fingerprint density at radius 1 is 0.903 bits per heavy atom. The fraction of sp³-hybridized carbons (Fsp3) is 0.304. The third-order valence-corrected chi connectivity index (χ3v) is 5.08. The fourth-order valence-electron chi connectivity index (χ4n) is 3.46. The van der Waals surface area contributed by atoms with E-state index in [-0.39, 0.29) is 11.7 Å². The Balaban J connectivity index is 1.82. The van der Waals surface area contributed by atoms with Crippen molar-refractivity contribution < 1.29 is 31.4 Å². The summed E-state index contributed by atoms with van der Waals surface area (Å²) in [5.74, 6) is -4.36. The first kappa shape index (κ1) is 22.8. The van der Waals surface area contributed by atoms with Crippen LogP contribution < -0.4 is 15.2 Å². The number of benzene rings is 3. The number of rotatable bonds is 8. The number of ether oxygens (including phenoxy) is 2. The van der Waals surface area contributed by atoms with Crippen LogP contribution in [-0.4, -0.2) is 32.4 Å². The molecule has 0 aliphatic carbocycles. The third kappa shape index (κ3) is 5.07. The van der Waals surface area contributed by atoms with Gasteiger partial charge in [-0.1, -0.05) is 42.5 Å². The van der Waals surface area contributed by atoms with Crippen LogP contribution in [0.25, 0.3) is 10.8 Å². The van der Waals surface area contributed by atoms with Gasteiger partial charge in [0, 0.05) is 11.3 Å². The van der Waals surface area contributed by atoms with E-state index in [9.17, 15) is 22.0 Å². The van der Waals surface area contributed by atoms with E-state index in [1.54, 1.807) is 19.2 Å². The Morgan fingerprint density at radius 3 is 2.26 bits per heavy atom. The maximum absolute atomic E-state index is 13.1. The number of fused-ring (bicyclic) bond motifs is 1. The van der Waals surface area contributed by atoms with E-state index in [1.807, 2.05) is 36.4 Å². The quantitative estimate of drug-likeness (QED) is 0.458. The minimum absolute atomic E-state index is 0.0585. The predicted molar refractivity (Wildman–Crippen MR) is 109 cm³/mol. The lowest BCUT2D eigenvalue weighted by Gasteiger charge is -2.21. The minimum atomic E-state index is -5.66. The Hall–Kier alpha value is -2.87. The van der Waals surface area contributed by atoms with E-state index in [0.29, 0.717) is 18.5 Å². The van der Waals surface area contributed by atoms with Crippen LogP contribution in [0.2, 0.25) is 0 Å². The maximum Gasteiger partial charge on any atom is 0.456 e. The summed E-state index contributed by atoms with van der Waals surface area (Å²) in [6.07, 6.45) is -5.20. The van der Waals surface area contributed by atoms with Crippen molar-refractivity contribution in [2.75, 3.05) is 20.3 Å². The smallest absolute Gasteiger partial charge is 0.456 e. The van der Waals surface area contributed by atoms with Crippen LogP contribution in [0, 0.1) is 0 Å². The van der Waals surface area contributed by atoms with Crippen LogP contribution in [0.15, 0.2) is 60.7 Å². The largest absolute Gasteiger partial charge is 0.496 e. The summed E-state index contributed by atoms with van der Waals surface area (Å²) in [7, 11) is 1.59. The van der Waals surface area contributed by atoms with Gasteiger partial charge >= 0.3 is 12.1 Å². The summed E-state index contributed by atoms with van der Waals surface area (Å²) in [4.78, 5) is 0. The van der Waals surface area contributed by atoms with Crippen molar-refractivity contribution in [2.45, 2.75) is 24.4 Å². The predicted octanol–water partition coefficient (Wildman–Crippen LogP) is 5.71. The molecular weight excluding hydrogens is 417 g/mol. The first-order chi connectivity index (χ1) is 14.7. The van der Waals surface area contributed by atoms with Gasteiger partial charge in [0.1, 0.15) is 11.5 Å². The molecular formula is C23H22F5NO2. The second-order valence-electron chi connectivity index (χ2n) is 7.18. The summed E-state index contributed by atoms with van der Waals surface area (Å²) in [6, 6.07) is 17.6. The van der Waals surface area contributed by atoms with Crippen LogP contribution in [0.4, 0.5) is 22.0 Å². The van der Waals surface area contributed by atoms with E-state index in [4.69, 9.17) is 15.2 Å². The number of hydrogen-bond donors (Lipinski definition) is 1. The number of methoxy groups -OCH3 is 1. The number of halogens is 5. The molecule has 0 amide bonds. The Kier molecular flexibility index (Phi) is 6.69. The van der Waals surface area contributed by atoms with E-state index < -0.39 is 18.7 Å². The molecule has 0 saturated heterocycles. The third-order valence-electron chi connectivity index (χ3n) is 5.08. The molecule has 3 rings (SSSR count). The molecule has 0 heterocycles. The molecule has 8 heteroatoms. The molecule has 0 aromatic heterocycles. The summed E-state index contributed by atoms with van der Waals surface area (Å²) in [5, 5.41) is 1.92. The van der Waals surface area contributed by atoms with E-state index >= 15 is 0 Å². The van der Waals surface area contributed by atoms with Crippen molar-refractivity contribution in [1.29, 1.82) is 0 Å². The molecule has 0 fully saturated rings. The minimum Gasteiger partial charge on any atom is -0.496 e. The average molecular weight is 439 g/mol. The van der Waals surface area contributed by atoms with E-state index in [2.05, 4.69) is 0 Å². The van der Waals surface area contributed by atoms with Gasteiger partial charge in [-0.15, -0.1) is 0 Å². The summed E-state index contributed by atoms with van der Waals surface area (Å²) >= 11 is 0. The lowest BCUT2D eigenvalue weighted by Crippen LogP contribution is -2.41. The van der Waals surface area contributed by atoms with Gasteiger partial charge in [0.2, 0.25) is 0 Å². The van der Waals surface area contributed by atoms with Crippen molar-refractivity contribution in [1.82, 2.24) is 0 Å². The van der Waals surface area contributed by atoms with Gasteiger partial charge in [-0.3, -0.25) is 0 Å². The van der Waals surface area contributed by atoms with E-state index in [1.165, 1.54) is 12.1 Å². The van der Waals surface area contributed by atoms with Gasteiger partial charge in [0.25, 0.3) is 0 Å². The molecule has 0 radical (unpaired) electrons. The molecule has 3 aromatic carbocycles. The second-order valence-corrected chi connectivity index (χ2v) is 7.18. The average Bonchev–Trinajstić information content (AvgIpc) is 2.75. The summed E-state index contributed by atoms with van der Waals surface area (Å²) in [6.45, 7) is -1.46. The van der Waals surface area contributed by atoms with Crippen molar-refractivity contribution >= 4 is 10.8 Å². The summed E-state index contributed by atoms with van der Waals surface area (Å²) < 4.78 is 73.5. The molecule has 0 bridgehead atoms. The zero-order chi connectivity index (χ0) is 22.6. The van der Waals surface area contributed by atoms with E-state index in [0.717, 1.165) is 22.1 Å². The Labute approximate surface area is 176 Å². The second kappa shape index (κ2) is 9.09. The highest BCUT2D eigenvalue weighted by Crippen LogP contribution is 2.36. The van der Waals surface area contributed by atoms with Gasteiger partial charge in [-0.05, 0) is 47.7 Å².